The Bertz CT molecular complexity index is 2340. The molecule has 0 amide bonds. The highest BCUT2D eigenvalue weighted by atomic mass is 32.1. The second-order valence-corrected chi connectivity index (χ2v) is 20.5. The van der Waals surface area contributed by atoms with Crippen LogP contribution in [0.1, 0.15) is 105 Å². The summed E-state index contributed by atoms with van der Waals surface area (Å²) in [6.45, 7) is 13.8. The fraction of sp³-hybridized carbons (Fsp3) is 0.565. The normalized spacial score (nSPS) is 25.9. The van der Waals surface area contributed by atoms with Gasteiger partial charge in [0.25, 0.3) is 0 Å². The van der Waals surface area contributed by atoms with Gasteiger partial charge < -0.3 is 25.0 Å². The molecule has 0 spiro atoms. The Labute approximate surface area is 351 Å². The average molecular weight is 818 g/mol. The number of hydrogen-bond acceptors (Lipinski definition) is 11. The quantitative estimate of drug-likeness (QED) is 0.0979. The number of carboxylic acid groups (broad SMARTS) is 1. The van der Waals surface area contributed by atoms with Gasteiger partial charge in [0.1, 0.15) is 5.82 Å². The maximum absolute atomic E-state index is 13.0. The molecule has 4 saturated carbocycles. The number of anilines is 4. The van der Waals surface area contributed by atoms with E-state index in [-0.39, 0.29) is 11.1 Å². The Kier molecular flexibility index (Phi) is 10.3. The zero-order chi connectivity index (χ0) is 41.2. The lowest BCUT2D eigenvalue weighted by Gasteiger charge is -2.70. The monoisotopic (exact) mass is 817 g/mol. The Morgan fingerprint density at radius 3 is 2.47 bits per heavy atom. The first kappa shape index (κ1) is 40.0. The van der Waals surface area contributed by atoms with Crippen LogP contribution in [-0.4, -0.2) is 86.3 Å². The lowest BCUT2D eigenvalue weighted by molar-refractivity contribution is -0.198. The van der Waals surface area contributed by atoms with E-state index in [0.717, 1.165) is 83.2 Å². The number of thiazole rings is 1. The summed E-state index contributed by atoms with van der Waals surface area (Å²) in [5.41, 5.74) is 6.72. The first-order valence-electron chi connectivity index (χ1n) is 21.5. The maximum Gasteiger partial charge on any atom is 0.355 e. The fourth-order valence-electron chi connectivity index (χ4n) is 13.1. The van der Waals surface area contributed by atoms with Crippen molar-refractivity contribution in [1.82, 2.24) is 34.8 Å². The summed E-state index contributed by atoms with van der Waals surface area (Å²) < 4.78 is 8.58. The molecule has 2 atom stereocenters. The van der Waals surface area contributed by atoms with E-state index in [4.69, 9.17) is 19.8 Å². The summed E-state index contributed by atoms with van der Waals surface area (Å²) in [6.07, 6.45) is 14.9. The zero-order valence-corrected chi connectivity index (χ0v) is 36.4. The predicted octanol–water partition coefficient (Wildman–Crippen LogP) is 9.60. The lowest BCUT2D eigenvalue weighted by atomic mass is 9.35. The standard InChI is InChI=1S/C46H59N9O3S/c1-30-32-12-9-20-54(40(32)52-51-39(30)50-42-48-35-13-7-8-14-36(35)59-42)37-16-15-33(38(49-37)41(56)57)34-22-47-55(31(34)2)29-46-26-43(3)23-44(4,27-46)25-45(24-43,28-46)17-10-18-53(5)19-11-21-58-6/h7-8,13-16,22H,9-12,17-21,23-29H2,1-6H3,(H,56,57)(H,48,50,51). The van der Waals surface area contributed by atoms with Crippen molar-refractivity contribution in [3.05, 3.63) is 65.1 Å². The van der Waals surface area contributed by atoms with Gasteiger partial charge in [0.2, 0.25) is 0 Å². The summed E-state index contributed by atoms with van der Waals surface area (Å²) in [6, 6.07) is 11.9. The molecule has 4 aliphatic carbocycles. The molecule has 2 N–H and O–H groups in total. The van der Waals surface area contributed by atoms with Crippen molar-refractivity contribution in [1.29, 1.82) is 0 Å². The smallest absolute Gasteiger partial charge is 0.355 e. The lowest BCUT2D eigenvalue weighted by Crippen LogP contribution is -2.60. The minimum Gasteiger partial charge on any atom is -0.476 e. The van der Waals surface area contributed by atoms with E-state index in [0.29, 0.717) is 45.8 Å². The number of carboxylic acids is 1. The van der Waals surface area contributed by atoms with Crippen molar-refractivity contribution in [3.63, 3.8) is 0 Å². The van der Waals surface area contributed by atoms with Crippen LogP contribution < -0.4 is 10.2 Å². The van der Waals surface area contributed by atoms with E-state index in [2.05, 4.69) is 65.9 Å². The largest absolute Gasteiger partial charge is 0.476 e. The van der Waals surface area contributed by atoms with Crippen molar-refractivity contribution in [2.45, 2.75) is 105 Å². The number of pyridine rings is 1. The molecule has 10 rings (SSSR count). The highest BCUT2D eigenvalue weighted by molar-refractivity contribution is 7.22. The van der Waals surface area contributed by atoms with Gasteiger partial charge in [-0.05, 0) is 144 Å². The summed E-state index contributed by atoms with van der Waals surface area (Å²) in [7, 11) is 4.03. The molecule has 312 valence electrons. The van der Waals surface area contributed by atoms with Gasteiger partial charge in [-0.1, -0.05) is 37.3 Å². The molecule has 4 aromatic heterocycles. The average Bonchev–Trinajstić information content (AvgIpc) is 3.75. The number of carbonyl (C=O) groups is 1. The van der Waals surface area contributed by atoms with Gasteiger partial charge in [-0.15, -0.1) is 10.2 Å². The molecule has 0 saturated heterocycles. The molecule has 0 radical (unpaired) electrons. The number of aromatic nitrogens is 6. The van der Waals surface area contributed by atoms with E-state index in [1.165, 1.54) is 51.4 Å². The summed E-state index contributed by atoms with van der Waals surface area (Å²) in [5, 5.41) is 29.1. The highest BCUT2D eigenvalue weighted by Gasteiger charge is 2.65. The van der Waals surface area contributed by atoms with Crippen LogP contribution >= 0.6 is 11.3 Å². The number of methoxy groups -OCH3 is 1. The fourth-order valence-corrected chi connectivity index (χ4v) is 13.9. The van der Waals surface area contributed by atoms with E-state index >= 15 is 0 Å². The number of rotatable bonds is 15. The molecule has 13 heteroatoms. The van der Waals surface area contributed by atoms with Crippen LogP contribution in [-0.2, 0) is 17.7 Å². The molecular weight excluding hydrogens is 759 g/mol. The minimum atomic E-state index is -1.06. The van der Waals surface area contributed by atoms with E-state index in [1.54, 1.807) is 18.4 Å². The van der Waals surface area contributed by atoms with Crippen molar-refractivity contribution in [2.75, 3.05) is 50.6 Å². The molecule has 4 fully saturated rings. The van der Waals surface area contributed by atoms with Crippen LogP contribution in [0.5, 0.6) is 0 Å². The van der Waals surface area contributed by atoms with Crippen molar-refractivity contribution >= 4 is 50.1 Å². The third kappa shape index (κ3) is 7.63. The first-order valence-corrected chi connectivity index (χ1v) is 22.3. The van der Waals surface area contributed by atoms with E-state index < -0.39 is 5.97 Å². The van der Waals surface area contributed by atoms with Gasteiger partial charge in [-0.25, -0.2) is 14.8 Å². The summed E-state index contributed by atoms with van der Waals surface area (Å²) in [4.78, 5) is 27.0. The molecule has 4 bridgehead atoms. The van der Waals surface area contributed by atoms with Crippen LogP contribution in [0, 0.1) is 35.5 Å². The van der Waals surface area contributed by atoms with Gasteiger partial charge in [-0.3, -0.25) is 4.68 Å². The van der Waals surface area contributed by atoms with Crippen LogP contribution in [0.15, 0.2) is 42.6 Å². The Morgan fingerprint density at radius 2 is 1.71 bits per heavy atom. The SMILES string of the molecule is COCCCN(C)CCCC12CC3(C)CC(C)(C1)CC(Cn1ncc(-c4ccc(N5CCCc6c5nnc(Nc5nc7ccccc7s5)c6C)nc4C(=O)O)c1C)(C3)C2. The Hall–Kier alpha value is -4.46. The van der Waals surface area contributed by atoms with Gasteiger partial charge in [-0.2, -0.15) is 5.10 Å². The molecule has 2 unspecified atom stereocenters. The van der Waals surface area contributed by atoms with Gasteiger partial charge >= 0.3 is 5.97 Å². The summed E-state index contributed by atoms with van der Waals surface area (Å²) >= 11 is 1.58. The number of nitrogens with one attached hydrogen (secondary N) is 1. The topological polar surface area (TPSA) is 134 Å². The Balaban J connectivity index is 0.948. The van der Waals surface area contributed by atoms with Crippen molar-refractivity contribution in [2.24, 2.45) is 21.7 Å². The first-order chi connectivity index (χ1) is 28.3. The van der Waals surface area contributed by atoms with Crippen LogP contribution in [0.2, 0.25) is 0 Å². The predicted molar refractivity (Wildman–Crippen MR) is 234 cm³/mol. The number of hydrogen-bond donors (Lipinski definition) is 2. The number of fused-ring (bicyclic) bond motifs is 2. The molecule has 5 aromatic rings. The van der Waals surface area contributed by atoms with Crippen molar-refractivity contribution < 1.29 is 14.6 Å². The number of para-hydroxylation sites is 1. The second-order valence-electron chi connectivity index (χ2n) is 19.4. The third-order valence-electron chi connectivity index (χ3n) is 14.1. The number of ether oxygens (including phenoxy) is 1. The van der Waals surface area contributed by atoms with Gasteiger partial charge in [0.15, 0.2) is 22.5 Å². The van der Waals surface area contributed by atoms with Crippen molar-refractivity contribution in [3.8, 4) is 11.1 Å². The van der Waals surface area contributed by atoms with Crippen LogP contribution in [0.4, 0.5) is 22.6 Å². The zero-order valence-electron chi connectivity index (χ0n) is 35.6. The number of aromatic carboxylic acids is 1. The van der Waals surface area contributed by atoms with Crippen LogP contribution in [0.3, 0.4) is 0 Å². The molecule has 59 heavy (non-hydrogen) atoms. The molecule has 12 nitrogen and oxygen atoms in total. The van der Waals surface area contributed by atoms with E-state index in [1.807, 2.05) is 41.4 Å². The summed E-state index contributed by atoms with van der Waals surface area (Å²) in [5.74, 6) is 0.890. The molecule has 5 heterocycles. The molecule has 1 aliphatic heterocycles. The third-order valence-corrected chi connectivity index (χ3v) is 15.0. The molecule has 5 aliphatic rings. The minimum absolute atomic E-state index is 0.0250. The van der Waals surface area contributed by atoms with E-state index in [9.17, 15) is 9.90 Å². The second kappa shape index (κ2) is 15.2. The number of nitrogens with zero attached hydrogens (tertiary/aromatic N) is 8. The molecular formula is C46H59N9O3S. The van der Waals surface area contributed by atoms with Gasteiger partial charge in [0, 0.05) is 61.3 Å². The molecule has 1 aromatic carbocycles. The van der Waals surface area contributed by atoms with Gasteiger partial charge in [0.05, 0.1) is 16.4 Å². The van der Waals surface area contributed by atoms with Crippen LogP contribution in [0.25, 0.3) is 21.3 Å². The number of benzene rings is 1. The Morgan fingerprint density at radius 1 is 0.949 bits per heavy atom. The highest BCUT2D eigenvalue weighted by Crippen LogP contribution is 2.75. The maximum atomic E-state index is 13.0.